The predicted molar refractivity (Wildman–Crippen MR) is 96.5 cm³/mol. The number of anilines is 1. The molecular formula is C20H23NO4. The Morgan fingerprint density at radius 3 is 2.64 bits per heavy atom. The van der Waals surface area contributed by atoms with Gasteiger partial charge in [0.1, 0.15) is 18.1 Å². The number of carbonyl (C=O) groups excluding carboxylic acids is 1. The van der Waals surface area contributed by atoms with E-state index < -0.39 is 0 Å². The molecule has 1 aliphatic rings. The Kier molecular flexibility index (Phi) is 5.90. The van der Waals surface area contributed by atoms with E-state index in [9.17, 15) is 4.79 Å². The minimum atomic E-state index is -0.227. The van der Waals surface area contributed by atoms with Crippen molar-refractivity contribution in [1.82, 2.24) is 0 Å². The summed E-state index contributed by atoms with van der Waals surface area (Å²) < 4.78 is 17.0. The summed E-state index contributed by atoms with van der Waals surface area (Å²) in [5, 5.41) is 2.90. The van der Waals surface area contributed by atoms with Crippen molar-refractivity contribution in [2.24, 2.45) is 0 Å². The first-order valence-electron chi connectivity index (χ1n) is 8.64. The normalized spacial score (nSPS) is 16.4. The zero-order valence-corrected chi connectivity index (χ0v) is 14.4. The van der Waals surface area contributed by atoms with Gasteiger partial charge in [0.2, 0.25) is 0 Å². The van der Waals surface area contributed by atoms with Crippen LogP contribution in [0.2, 0.25) is 0 Å². The van der Waals surface area contributed by atoms with Gasteiger partial charge in [0.15, 0.2) is 0 Å². The lowest BCUT2D eigenvalue weighted by molar-refractivity contribution is 0.0673. The third kappa shape index (κ3) is 4.51. The van der Waals surface area contributed by atoms with Gasteiger partial charge in [-0.1, -0.05) is 24.3 Å². The van der Waals surface area contributed by atoms with Crippen molar-refractivity contribution >= 4 is 11.6 Å². The molecule has 132 valence electrons. The first-order valence-corrected chi connectivity index (χ1v) is 8.64. The maximum absolute atomic E-state index is 12.7. The summed E-state index contributed by atoms with van der Waals surface area (Å²) in [5.41, 5.74) is 1.13. The second-order valence-electron chi connectivity index (χ2n) is 5.83. The molecule has 5 nitrogen and oxygen atoms in total. The van der Waals surface area contributed by atoms with E-state index in [1.54, 1.807) is 12.1 Å². The van der Waals surface area contributed by atoms with E-state index in [2.05, 4.69) is 5.32 Å². The minimum Gasteiger partial charge on any atom is -0.492 e. The van der Waals surface area contributed by atoms with Crippen LogP contribution in [0.3, 0.4) is 0 Å². The molecular weight excluding hydrogens is 318 g/mol. The first-order chi connectivity index (χ1) is 12.3. The number of rotatable bonds is 7. The zero-order valence-electron chi connectivity index (χ0n) is 14.4. The molecule has 0 bridgehead atoms. The van der Waals surface area contributed by atoms with E-state index in [0.29, 0.717) is 36.0 Å². The molecule has 25 heavy (non-hydrogen) atoms. The molecule has 0 aliphatic carbocycles. The Morgan fingerprint density at radius 2 is 1.88 bits per heavy atom. The third-order valence-corrected chi connectivity index (χ3v) is 4.02. The molecule has 1 N–H and O–H groups in total. The Balaban J connectivity index is 1.71. The summed E-state index contributed by atoms with van der Waals surface area (Å²) in [6.07, 6.45) is 2.16. The number of para-hydroxylation sites is 3. The fourth-order valence-corrected chi connectivity index (χ4v) is 2.78. The summed E-state index contributed by atoms with van der Waals surface area (Å²) in [7, 11) is 0. The fraction of sp³-hybridized carbons (Fsp3) is 0.350. The van der Waals surface area contributed by atoms with Gasteiger partial charge in [-0.25, -0.2) is 0 Å². The molecule has 0 aromatic heterocycles. The Morgan fingerprint density at radius 1 is 1.12 bits per heavy atom. The Bertz CT molecular complexity index is 710. The van der Waals surface area contributed by atoms with E-state index in [1.165, 1.54) is 0 Å². The monoisotopic (exact) mass is 341 g/mol. The van der Waals surface area contributed by atoms with Crippen LogP contribution in [-0.2, 0) is 4.74 Å². The van der Waals surface area contributed by atoms with Gasteiger partial charge in [0.05, 0.1) is 24.0 Å². The van der Waals surface area contributed by atoms with E-state index in [0.717, 1.165) is 19.4 Å². The number of amides is 1. The van der Waals surface area contributed by atoms with Crippen molar-refractivity contribution in [2.45, 2.75) is 25.9 Å². The number of carbonyl (C=O) groups is 1. The van der Waals surface area contributed by atoms with Crippen molar-refractivity contribution in [3.8, 4) is 11.5 Å². The molecule has 5 heteroatoms. The standard InChI is InChI=1S/C20H23NO4/c1-2-23-19-12-6-4-10-17(19)21-20(22)16-9-3-5-11-18(16)25-14-15-8-7-13-24-15/h3-6,9-12,15H,2,7-8,13-14H2,1H3,(H,21,22)/t15-/m1/s1. The molecule has 0 spiro atoms. The smallest absolute Gasteiger partial charge is 0.259 e. The van der Waals surface area contributed by atoms with Gasteiger partial charge in [0.25, 0.3) is 5.91 Å². The zero-order chi connectivity index (χ0) is 17.5. The molecule has 0 radical (unpaired) electrons. The topological polar surface area (TPSA) is 56.8 Å². The van der Waals surface area contributed by atoms with Gasteiger partial charge < -0.3 is 19.5 Å². The van der Waals surface area contributed by atoms with E-state index in [-0.39, 0.29) is 12.0 Å². The molecule has 1 fully saturated rings. The predicted octanol–water partition coefficient (Wildman–Crippen LogP) is 3.90. The molecule has 0 unspecified atom stereocenters. The van der Waals surface area contributed by atoms with Crippen molar-refractivity contribution < 1.29 is 19.0 Å². The van der Waals surface area contributed by atoms with Crippen LogP contribution in [-0.4, -0.2) is 31.8 Å². The highest BCUT2D eigenvalue weighted by molar-refractivity contribution is 6.06. The SMILES string of the molecule is CCOc1ccccc1NC(=O)c1ccccc1OC[C@H]1CCCO1. The quantitative estimate of drug-likeness (QED) is 0.830. The summed E-state index contributed by atoms with van der Waals surface area (Å²) in [4.78, 5) is 12.7. The average molecular weight is 341 g/mol. The molecule has 2 aromatic rings. The number of benzene rings is 2. The van der Waals surface area contributed by atoms with Gasteiger partial charge in [0, 0.05) is 6.61 Å². The van der Waals surface area contributed by atoms with Crippen molar-refractivity contribution in [2.75, 3.05) is 25.1 Å². The largest absolute Gasteiger partial charge is 0.492 e. The van der Waals surface area contributed by atoms with Gasteiger partial charge >= 0.3 is 0 Å². The molecule has 3 rings (SSSR count). The molecule has 0 saturated carbocycles. The highest BCUT2D eigenvalue weighted by Gasteiger charge is 2.19. The Hall–Kier alpha value is -2.53. The highest BCUT2D eigenvalue weighted by atomic mass is 16.5. The van der Waals surface area contributed by atoms with Crippen molar-refractivity contribution in [3.05, 3.63) is 54.1 Å². The van der Waals surface area contributed by atoms with Crippen LogP contribution in [0.25, 0.3) is 0 Å². The number of hydrogen-bond acceptors (Lipinski definition) is 4. The number of nitrogens with one attached hydrogen (secondary N) is 1. The maximum Gasteiger partial charge on any atom is 0.259 e. The van der Waals surface area contributed by atoms with Crippen molar-refractivity contribution in [1.29, 1.82) is 0 Å². The minimum absolute atomic E-state index is 0.106. The molecule has 1 heterocycles. The molecule has 1 aliphatic heterocycles. The summed E-state index contributed by atoms with van der Waals surface area (Å²) in [6, 6.07) is 14.6. The van der Waals surface area contributed by atoms with Gasteiger partial charge in [-0.2, -0.15) is 0 Å². The second kappa shape index (κ2) is 8.53. The lowest BCUT2D eigenvalue weighted by Gasteiger charge is -2.15. The van der Waals surface area contributed by atoms with Crippen LogP contribution in [0.15, 0.2) is 48.5 Å². The lowest BCUT2D eigenvalue weighted by Crippen LogP contribution is -2.19. The van der Waals surface area contributed by atoms with Crippen LogP contribution in [0.4, 0.5) is 5.69 Å². The van der Waals surface area contributed by atoms with Crippen LogP contribution < -0.4 is 14.8 Å². The summed E-state index contributed by atoms with van der Waals surface area (Å²) >= 11 is 0. The van der Waals surface area contributed by atoms with Gasteiger partial charge in [-0.15, -0.1) is 0 Å². The van der Waals surface area contributed by atoms with Gasteiger partial charge in [-0.3, -0.25) is 4.79 Å². The van der Waals surface area contributed by atoms with Gasteiger partial charge in [-0.05, 0) is 44.0 Å². The maximum atomic E-state index is 12.7. The van der Waals surface area contributed by atoms with E-state index in [4.69, 9.17) is 14.2 Å². The summed E-state index contributed by atoms with van der Waals surface area (Å²) in [6.45, 7) is 3.69. The van der Waals surface area contributed by atoms with Crippen LogP contribution in [0.5, 0.6) is 11.5 Å². The number of ether oxygens (including phenoxy) is 3. The number of hydrogen-bond donors (Lipinski definition) is 1. The fourth-order valence-electron chi connectivity index (χ4n) is 2.78. The molecule has 1 atom stereocenters. The summed E-state index contributed by atoms with van der Waals surface area (Å²) in [5.74, 6) is 0.982. The molecule has 2 aromatic carbocycles. The third-order valence-electron chi connectivity index (χ3n) is 4.02. The highest BCUT2D eigenvalue weighted by Crippen LogP contribution is 2.26. The van der Waals surface area contributed by atoms with Crippen LogP contribution >= 0.6 is 0 Å². The van der Waals surface area contributed by atoms with Crippen LogP contribution in [0.1, 0.15) is 30.1 Å². The van der Waals surface area contributed by atoms with Crippen molar-refractivity contribution in [3.63, 3.8) is 0 Å². The molecule has 1 saturated heterocycles. The van der Waals surface area contributed by atoms with E-state index in [1.807, 2.05) is 43.3 Å². The first kappa shape index (κ1) is 17.3. The van der Waals surface area contributed by atoms with Crippen LogP contribution in [0, 0.1) is 0 Å². The average Bonchev–Trinajstić information content (AvgIpc) is 3.15. The Labute approximate surface area is 147 Å². The second-order valence-corrected chi connectivity index (χ2v) is 5.83. The van der Waals surface area contributed by atoms with E-state index >= 15 is 0 Å². The lowest BCUT2D eigenvalue weighted by atomic mass is 10.1. The molecule has 1 amide bonds.